The number of alkyl halides is 3. The SMILES string of the molecule is O=C(O)c1ccc(CNC(=O)C2(c3cccc(C(F)(F)F)c3)CC2)s1. The summed E-state index contributed by atoms with van der Waals surface area (Å²) in [5.74, 6) is -1.37. The molecule has 8 heteroatoms. The summed E-state index contributed by atoms with van der Waals surface area (Å²) in [5.41, 5.74) is -1.33. The molecule has 1 saturated carbocycles. The van der Waals surface area contributed by atoms with Crippen LogP contribution in [-0.2, 0) is 22.9 Å². The van der Waals surface area contributed by atoms with Crippen LogP contribution in [0.4, 0.5) is 13.2 Å². The summed E-state index contributed by atoms with van der Waals surface area (Å²) >= 11 is 1.05. The first-order valence-corrected chi connectivity index (χ1v) is 8.32. The lowest BCUT2D eigenvalue weighted by Crippen LogP contribution is -2.34. The number of benzene rings is 1. The minimum Gasteiger partial charge on any atom is -0.477 e. The lowest BCUT2D eigenvalue weighted by molar-refractivity contribution is -0.137. The van der Waals surface area contributed by atoms with E-state index in [0.717, 1.165) is 23.5 Å². The van der Waals surface area contributed by atoms with Crippen molar-refractivity contribution in [3.05, 3.63) is 57.3 Å². The molecule has 1 aliphatic carbocycles. The van der Waals surface area contributed by atoms with Gasteiger partial charge in [0.15, 0.2) is 0 Å². The number of carboxylic acids is 1. The maximum absolute atomic E-state index is 12.9. The molecule has 0 unspecified atom stereocenters. The fourth-order valence-corrected chi connectivity index (χ4v) is 3.48. The van der Waals surface area contributed by atoms with E-state index in [-0.39, 0.29) is 17.3 Å². The van der Waals surface area contributed by atoms with Gasteiger partial charge in [0.05, 0.1) is 17.5 Å². The van der Waals surface area contributed by atoms with Crippen molar-refractivity contribution >= 4 is 23.2 Å². The number of hydrogen-bond acceptors (Lipinski definition) is 3. The highest BCUT2D eigenvalue weighted by Crippen LogP contribution is 2.49. The number of carbonyl (C=O) groups is 2. The van der Waals surface area contributed by atoms with Crippen molar-refractivity contribution in [3.8, 4) is 0 Å². The Morgan fingerprint density at radius 2 is 1.92 bits per heavy atom. The highest BCUT2D eigenvalue weighted by atomic mass is 32.1. The van der Waals surface area contributed by atoms with Crippen LogP contribution >= 0.6 is 11.3 Å². The van der Waals surface area contributed by atoms with Crippen molar-refractivity contribution in [1.29, 1.82) is 0 Å². The van der Waals surface area contributed by atoms with Crippen LogP contribution < -0.4 is 5.32 Å². The molecule has 2 N–H and O–H groups in total. The van der Waals surface area contributed by atoms with E-state index in [1.165, 1.54) is 18.2 Å². The number of carboxylic acid groups (broad SMARTS) is 1. The van der Waals surface area contributed by atoms with Gasteiger partial charge in [-0.25, -0.2) is 4.79 Å². The van der Waals surface area contributed by atoms with Crippen molar-refractivity contribution in [2.45, 2.75) is 31.0 Å². The fourth-order valence-electron chi connectivity index (χ4n) is 2.69. The molecule has 0 saturated heterocycles. The van der Waals surface area contributed by atoms with E-state index in [9.17, 15) is 22.8 Å². The molecule has 1 aromatic carbocycles. The van der Waals surface area contributed by atoms with Crippen molar-refractivity contribution in [2.75, 3.05) is 0 Å². The smallest absolute Gasteiger partial charge is 0.416 e. The normalized spacial score (nSPS) is 15.6. The summed E-state index contributed by atoms with van der Waals surface area (Å²) < 4.78 is 38.6. The van der Waals surface area contributed by atoms with E-state index < -0.39 is 23.1 Å². The van der Waals surface area contributed by atoms with Gasteiger partial charge in [0.25, 0.3) is 0 Å². The van der Waals surface area contributed by atoms with Crippen LogP contribution in [0, 0.1) is 0 Å². The first-order valence-electron chi connectivity index (χ1n) is 7.50. The second-order valence-corrected chi connectivity index (χ2v) is 7.08. The van der Waals surface area contributed by atoms with E-state index in [2.05, 4.69) is 5.32 Å². The first-order chi connectivity index (χ1) is 11.7. The van der Waals surface area contributed by atoms with Gasteiger partial charge in [0.1, 0.15) is 4.88 Å². The standard InChI is InChI=1S/C17H14F3NO3S/c18-17(19,20)11-3-1-2-10(8-11)16(6-7-16)15(24)21-9-12-4-5-13(25-12)14(22)23/h1-5,8H,6-7,9H2,(H,21,24)(H,22,23). The van der Waals surface area contributed by atoms with Gasteiger partial charge in [-0.3, -0.25) is 4.79 Å². The summed E-state index contributed by atoms with van der Waals surface area (Å²) in [5, 5.41) is 11.6. The topological polar surface area (TPSA) is 66.4 Å². The number of hydrogen-bond donors (Lipinski definition) is 2. The molecule has 2 aromatic rings. The van der Waals surface area contributed by atoms with Crippen LogP contribution in [0.2, 0.25) is 0 Å². The number of rotatable bonds is 5. The van der Waals surface area contributed by atoms with Gasteiger partial charge in [-0.2, -0.15) is 13.2 Å². The Balaban J connectivity index is 1.72. The minimum absolute atomic E-state index is 0.150. The Labute approximate surface area is 145 Å². The summed E-state index contributed by atoms with van der Waals surface area (Å²) in [6.07, 6.45) is -3.47. The molecular weight excluding hydrogens is 355 g/mol. The van der Waals surface area contributed by atoms with Crippen LogP contribution in [0.15, 0.2) is 36.4 Å². The number of nitrogens with one attached hydrogen (secondary N) is 1. The van der Waals surface area contributed by atoms with Crippen LogP contribution in [-0.4, -0.2) is 17.0 Å². The first kappa shape index (κ1) is 17.5. The highest BCUT2D eigenvalue weighted by molar-refractivity contribution is 7.13. The Kier molecular flexibility index (Phi) is 4.32. The molecule has 1 heterocycles. The second-order valence-electron chi connectivity index (χ2n) is 5.91. The van der Waals surface area contributed by atoms with Crippen LogP contribution in [0.25, 0.3) is 0 Å². The number of carbonyl (C=O) groups excluding carboxylic acids is 1. The Morgan fingerprint density at radius 1 is 1.20 bits per heavy atom. The van der Waals surface area contributed by atoms with Crippen LogP contribution in [0.3, 0.4) is 0 Å². The third kappa shape index (κ3) is 3.53. The fraction of sp³-hybridized carbons (Fsp3) is 0.294. The minimum atomic E-state index is -4.45. The lowest BCUT2D eigenvalue weighted by Gasteiger charge is -2.17. The molecule has 3 rings (SSSR count). The molecule has 1 fully saturated rings. The summed E-state index contributed by atoms with van der Waals surface area (Å²) in [7, 11) is 0. The third-order valence-corrected chi connectivity index (χ3v) is 5.30. The molecule has 1 aliphatic rings. The van der Waals surface area contributed by atoms with Crippen molar-refractivity contribution in [1.82, 2.24) is 5.32 Å². The number of aromatic carboxylic acids is 1. The molecule has 0 bridgehead atoms. The summed E-state index contributed by atoms with van der Waals surface area (Å²) in [4.78, 5) is 24.2. The Hall–Kier alpha value is -2.35. The van der Waals surface area contributed by atoms with Gasteiger partial charge in [-0.15, -0.1) is 11.3 Å². The highest BCUT2D eigenvalue weighted by Gasteiger charge is 2.51. The van der Waals surface area contributed by atoms with Crippen LogP contribution in [0.5, 0.6) is 0 Å². The number of amides is 1. The second kappa shape index (κ2) is 6.18. The van der Waals surface area contributed by atoms with Crippen LogP contribution in [0.1, 0.15) is 38.5 Å². The van der Waals surface area contributed by atoms with E-state index in [1.54, 1.807) is 6.07 Å². The van der Waals surface area contributed by atoms with Gasteiger partial charge in [0, 0.05) is 4.88 Å². The maximum Gasteiger partial charge on any atom is 0.416 e. The van der Waals surface area contributed by atoms with E-state index >= 15 is 0 Å². The molecule has 132 valence electrons. The summed E-state index contributed by atoms with van der Waals surface area (Å²) in [6, 6.07) is 7.92. The Bertz CT molecular complexity index is 825. The van der Waals surface area contributed by atoms with Gasteiger partial charge < -0.3 is 10.4 Å². The predicted molar refractivity (Wildman–Crippen MR) is 85.5 cm³/mol. The lowest BCUT2D eigenvalue weighted by atomic mass is 9.93. The van der Waals surface area contributed by atoms with Gasteiger partial charge >= 0.3 is 12.1 Å². The van der Waals surface area contributed by atoms with Gasteiger partial charge in [0.2, 0.25) is 5.91 Å². The number of thiophene rings is 1. The molecular formula is C17H14F3NO3S. The third-order valence-electron chi connectivity index (χ3n) is 4.22. The van der Waals surface area contributed by atoms with E-state index in [4.69, 9.17) is 5.11 Å². The molecule has 1 amide bonds. The zero-order valence-electron chi connectivity index (χ0n) is 12.9. The number of halogens is 3. The molecule has 25 heavy (non-hydrogen) atoms. The zero-order valence-corrected chi connectivity index (χ0v) is 13.7. The van der Waals surface area contributed by atoms with Gasteiger partial charge in [-0.05, 0) is 36.6 Å². The largest absolute Gasteiger partial charge is 0.477 e. The predicted octanol–water partition coefficient (Wildman–Crippen LogP) is 3.81. The molecule has 0 radical (unpaired) electrons. The Morgan fingerprint density at radius 3 is 2.48 bits per heavy atom. The van der Waals surface area contributed by atoms with Crippen molar-refractivity contribution in [3.63, 3.8) is 0 Å². The molecule has 4 nitrogen and oxygen atoms in total. The van der Waals surface area contributed by atoms with E-state index in [1.807, 2.05) is 0 Å². The summed E-state index contributed by atoms with van der Waals surface area (Å²) in [6.45, 7) is 0.150. The quantitative estimate of drug-likeness (QED) is 0.842. The van der Waals surface area contributed by atoms with Crippen molar-refractivity contribution in [2.24, 2.45) is 0 Å². The molecule has 0 atom stereocenters. The monoisotopic (exact) mass is 369 g/mol. The van der Waals surface area contributed by atoms with E-state index in [0.29, 0.717) is 23.3 Å². The maximum atomic E-state index is 12.9. The molecule has 0 spiro atoms. The molecule has 1 aromatic heterocycles. The average Bonchev–Trinajstić information content (AvgIpc) is 3.23. The van der Waals surface area contributed by atoms with Crippen molar-refractivity contribution < 1.29 is 27.9 Å². The average molecular weight is 369 g/mol. The van der Waals surface area contributed by atoms with Gasteiger partial charge in [-0.1, -0.05) is 18.2 Å². The molecule has 0 aliphatic heterocycles. The zero-order chi connectivity index (χ0) is 18.2.